The van der Waals surface area contributed by atoms with Crippen LogP contribution in [0.5, 0.6) is 0 Å². The average Bonchev–Trinajstić information content (AvgIpc) is 2.38. The van der Waals surface area contributed by atoms with Crippen molar-refractivity contribution < 1.29 is 22.7 Å². The van der Waals surface area contributed by atoms with E-state index in [1.807, 2.05) is 0 Å². The predicted molar refractivity (Wildman–Crippen MR) is 73.4 cm³/mol. The standard InChI is InChI=1S/C12H8ClFN2O4S/c13-7-1-2-10(12(17)18)11(3-7)16-21(19,20)9-4-8(14)5-15-6-9/h1-6,16H,(H,17,18). The van der Waals surface area contributed by atoms with Crippen molar-refractivity contribution in [2.45, 2.75) is 4.90 Å². The van der Waals surface area contributed by atoms with Gasteiger partial charge in [-0.05, 0) is 24.3 Å². The summed E-state index contributed by atoms with van der Waals surface area (Å²) in [6.07, 6.45) is 1.79. The molecule has 1 aromatic heterocycles. The van der Waals surface area contributed by atoms with E-state index >= 15 is 0 Å². The summed E-state index contributed by atoms with van der Waals surface area (Å²) < 4.78 is 39.3. The number of nitrogens with zero attached hydrogens (tertiary/aromatic N) is 1. The van der Waals surface area contributed by atoms with E-state index in [2.05, 4.69) is 9.71 Å². The number of aromatic carboxylic acids is 1. The summed E-state index contributed by atoms with van der Waals surface area (Å²) in [5.41, 5.74) is -0.508. The van der Waals surface area contributed by atoms with E-state index in [1.54, 1.807) is 0 Å². The molecule has 2 N–H and O–H groups in total. The first-order valence-corrected chi connectivity index (χ1v) is 7.32. The molecule has 0 saturated carbocycles. The van der Waals surface area contributed by atoms with E-state index in [0.717, 1.165) is 30.6 Å². The van der Waals surface area contributed by atoms with Gasteiger partial charge in [0.25, 0.3) is 10.0 Å². The van der Waals surface area contributed by atoms with E-state index in [9.17, 15) is 17.6 Å². The van der Waals surface area contributed by atoms with Crippen LogP contribution in [0.4, 0.5) is 10.1 Å². The first kappa shape index (κ1) is 15.2. The number of hydrogen-bond acceptors (Lipinski definition) is 4. The average molecular weight is 331 g/mol. The highest BCUT2D eigenvalue weighted by Crippen LogP contribution is 2.24. The Kier molecular flexibility index (Phi) is 4.10. The lowest BCUT2D eigenvalue weighted by atomic mass is 10.2. The smallest absolute Gasteiger partial charge is 0.337 e. The number of benzene rings is 1. The Morgan fingerprint density at radius 2 is 2.00 bits per heavy atom. The highest BCUT2D eigenvalue weighted by molar-refractivity contribution is 7.92. The lowest BCUT2D eigenvalue weighted by Crippen LogP contribution is -2.16. The Labute approximate surface area is 124 Å². The second kappa shape index (κ2) is 5.66. The third-order valence-electron chi connectivity index (χ3n) is 2.45. The molecule has 1 heterocycles. The Morgan fingerprint density at radius 1 is 1.29 bits per heavy atom. The van der Waals surface area contributed by atoms with E-state index < -0.39 is 26.7 Å². The number of anilines is 1. The molecule has 0 atom stereocenters. The molecule has 0 aliphatic carbocycles. The summed E-state index contributed by atoms with van der Waals surface area (Å²) in [6, 6.07) is 4.38. The molecule has 0 aliphatic rings. The van der Waals surface area contributed by atoms with Gasteiger partial charge < -0.3 is 5.11 Å². The van der Waals surface area contributed by atoms with Gasteiger partial charge in [-0.15, -0.1) is 0 Å². The number of sulfonamides is 1. The van der Waals surface area contributed by atoms with Crippen LogP contribution in [0.2, 0.25) is 5.02 Å². The highest BCUT2D eigenvalue weighted by atomic mass is 35.5. The number of hydrogen-bond donors (Lipinski definition) is 2. The molecule has 0 fully saturated rings. The lowest BCUT2D eigenvalue weighted by molar-refractivity contribution is 0.0698. The second-order valence-corrected chi connectivity index (χ2v) is 6.06. The molecule has 0 radical (unpaired) electrons. The van der Waals surface area contributed by atoms with Crippen molar-refractivity contribution in [1.82, 2.24) is 4.98 Å². The Balaban J connectivity index is 2.46. The Bertz CT molecular complexity index is 811. The van der Waals surface area contributed by atoms with Gasteiger partial charge in [0.15, 0.2) is 0 Å². The van der Waals surface area contributed by atoms with Crippen molar-refractivity contribution in [3.63, 3.8) is 0 Å². The summed E-state index contributed by atoms with van der Waals surface area (Å²) in [5.74, 6) is -2.16. The molecule has 110 valence electrons. The monoisotopic (exact) mass is 330 g/mol. The molecule has 2 rings (SSSR count). The number of nitrogens with one attached hydrogen (secondary N) is 1. The molecule has 0 amide bonds. The third kappa shape index (κ3) is 3.47. The van der Waals surface area contributed by atoms with Crippen molar-refractivity contribution in [3.05, 3.63) is 53.1 Å². The van der Waals surface area contributed by atoms with Gasteiger partial charge in [0, 0.05) is 11.2 Å². The molecule has 21 heavy (non-hydrogen) atoms. The van der Waals surface area contributed by atoms with Crippen LogP contribution < -0.4 is 4.72 Å². The number of pyridine rings is 1. The van der Waals surface area contributed by atoms with Gasteiger partial charge in [0.05, 0.1) is 17.4 Å². The van der Waals surface area contributed by atoms with Gasteiger partial charge >= 0.3 is 5.97 Å². The normalized spacial score (nSPS) is 11.1. The summed E-state index contributed by atoms with van der Waals surface area (Å²) >= 11 is 5.72. The molecule has 9 heteroatoms. The lowest BCUT2D eigenvalue weighted by Gasteiger charge is -2.10. The minimum atomic E-state index is -4.18. The van der Waals surface area contributed by atoms with Crippen LogP contribution in [-0.4, -0.2) is 24.5 Å². The fourth-order valence-electron chi connectivity index (χ4n) is 1.53. The number of carboxylic acids is 1. The number of halogens is 2. The maximum atomic E-state index is 13.0. The highest BCUT2D eigenvalue weighted by Gasteiger charge is 2.19. The molecule has 0 unspecified atom stereocenters. The molecule has 0 bridgehead atoms. The summed E-state index contributed by atoms with van der Waals surface area (Å²) in [6.45, 7) is 0. The minimum Gasteiger partial charge on any atom is -0.478 e. The van der Waals surface area contributed by atoms with E-state index in [4.69, 9.17) is 16.7 Å². The fraction of sp³-hybridized carbons (Fsp3) is 0. The van der Waals surface area contributed by atoms with Crippen molar-refractivity contribution in [2.24, 2.45) is 0 Å². The molecule has 1 aromatic carbocycles. The molecule has 6 nitrogen and oxygen atoms in total. The SMILES string of the molecule is O=C(O)c1ccc(Cl)cc1NS(=O)(=O)c1cncc(F)c1. The predicted octanol–water partition coefficient (Wildman–Crippen LogP) is 2.37. The van der Waals surface area contributed by atoms with Gasteiger partial charge in [-0.2, -0.15) is 0 Å². The second-order valence-electron chi connectivity index (χ2n) is 3.94. The van der Waals surface area contributed by atoms with Crippen molar-refractivity contribution >= 4 is 33.3 Å². The number of carboxylic acid groups (broad SMARTS) is 1. The van der Waals surface area contributed by atoms with Gasteiger partial charge in [0.1, 0.15) is 10.7 Å². The van der Waals surface area contributed by atoms with Crippen molar-refractivity contribution in [2.75, 3.05) is 4.72 Å². The third-order valence-corrected chi connectivity index (χ3v) is 4.01. The van der Waals surface area contributed by atoms with Crippen LogP contribution in [0.25, 0.3) is 0 Å². The zero-order valence-corrected chi connectivity index (χ0v) is 11.8. The summed E-state index contributed by atoms with van der Waals surface area (Å²) in [5, 5.41) is 9.17. The molecule has 2 aromatic rings. The van der Waals surface area contributed by atoms with Crippen LogP contribution >= 0.6 is 11.6 Å². The molecule has 0 spiro atoms. The number of carbonyl (C=O) groups is 1. The van der Waals surface area contributed by atoms with Gasteiger partial charge in [-0.1, -0.05) is 11.6 Å². The van der Waals surface area contributed by atoms with Crippen molar-refractivity contribution in [1.29, 1.82) is 0 Å². The van der Waals surface area contributed by atoms with E-state index in [0.29, 0.717) is 0 Å². The van der Waals surface area contributed by atoms with Crippen LogP contribution in [0, 0.1) is 5.82 Å². The summed E-state index contributed by atoms with van der Waals surface area (Å²) in [4.78, 5) is 14.1. The molecular weight excluding hydrogens is 323 g/mol. The van der Waals surface area contributed by atoms with Crippen LogP contribution in [0.3, 0.4) is 0 Å². The van der Waals surface area contributed by atoms with Gasteiger partial charge in [0.2, 0.25) is 0 Å². The van der Waals surface area contributed by atoms with Gasteiger partial charge in [-0.3, -0.25) is 9.71 Å². The molecular formula is C12H8ClFN2O4S. The van der Waals surface area contributed by atoms with E-state index in [-0.39, 0.29) is 16.3 Å². The van der Waals surface area contributed by atoms with Crippen LogP contribution in [0.15, 0.2) is 41.6 Å². The topological polar surface area (TPSA) is 96.4 Å². The maximum absolute atomic E-state index is 13.0. The minimum absolute atomic E-state index is 0.148. The first-order valence-electron chi connectivity index (χ1n) is 5.46. The molecule has 0 saturated heterocycles. The van der Waals surface area contributed by atoms with Crippen molar-refractivity contribution in [3.8, 4) is 0 Å². The largest absolute Gasteiger partial charge is 0.478 e. The zero-order valence-electron chi connectivity index (χ0n) is 10.2. The first-order chi connectivity index (χ1) is 9.79. The quantitative estimate of drug-likeness (QED) is 0.897. The number of rotatable bonds is 4. The fourth-order valence-corrected chi connectivity index (χ4v) is 2.75. The van der Waals surface area contributed by atoms with Crippen LogP contribution in [-0.2, 0) is 10.0 Å². The number of aromatic nitrogens is 1. The van der Waals surface area contributed by atoms with Gasteiger partial charge in [-0.25, -0.2) is 17.6 Å². The Morgan fingerprint density at radius 3 is 2.62 bits per heavy atom. The Hall–Kier alpha value is -2.19. The molecule has 0 aliphatic heterocycles. The zero-order chi connectivity index (χ0) is 15.6. The van der Waals surface area contributed by atoms with E-state index in [1.165, 1.54) is 6.07 Å². The summed E-state index contributed by atoms with van der Waals surface area (Å²) in [7, 11) is -4.18. The maximum Gasteiger partial charge on any atom is 0.337 e. The van der Waals surface area contributed by atoms with Crippen LogP contribution in [0.1, 0.15) is 10.4 Å².